The molecule has 0 heterocycles. The lowest BCUT2D eigenvalue weighted by atomic mass is 10.1. The zero-order valence-electron chi connectivity index (χ0n) is 12.8. The topological polar surface area (TPSA) is 70.9 Å². The maximum Gasteiger partial charge on any atom is 0.244 e. The van der Waals surface area contributed by atoms with Crippen molar-refractivity contribution < 1.29 is 14.6 Å². The van der Waals surface area contributed by atoms with E-state index in [9.17, 15) is 9.90 Å². The highest BCUT2D eigenvalue weighted by Crippen LogP contribution is 2.31. The highest BCUT2D eigenvalue weighted by Gasteiger charge is 2.07. The van der Waals surface area contributed by atoms with Gasteiger partial charge in [-0.05, 0) is 52.8 Å². The second-order valence-electron chi connectivity index (χ2n) is 5.01. The van der Waals surface area contributed by atoms with Gasteiger partial charge in [0.2, 0.25) is 5.91 Å². The molecular formula is C17H17IN2O3. The van der Waals surface area contributed by atoms with Gasteiger partial charge >= 0.3 is 0 Å². The van der Waals surface area contributed by atoms with Crippen molar-refractivity contribution in [2.24, 2.45) is 5.10 Å². The van der Waals surface area contributed by atoms with Crippen LogP contribution >= 0.6 is 22.6 Å². The van der Waals surface area contributed by atoms with Gasteiger partial charge < -0.3 is 9.84 Å². The summed E-state index contributed by atoms with van der Waals surface area (Å²) in [4.78, 5) is 11.8. The molecule has 0 aromatic heterocycles. The number of nitrogens with zero attached hydrogens (tertiary/aromatic N) is 1. The molecule has 0 bridgehead atoms. The number of phenolic OH excluding ortho intramolecular Hbond substituents is 1. The largest absolute Gasteiger partial charge is 0.504 e. The van der Waals surface area contributed by atoms with Crippen molar-refractivity contribution >= 4 is 34.7 Å². The van der Waals surface area contributed by atoms with Gasteiger partial charge in [-0.1, -0.05) is 29.8 Å². The monoisotopic (exact) mass is 424 g/mol. The van der Waals surface area contributed by atoms with Crippen LogP contribution < -0.4 is 10.2 Å². The molecule has 1 amide bonds. The summed E-state index contributed by atoms with van der Waals surface area (Å²) in [6.07, 6.45) is 1.78. The first kappa shape index (κ1) is 17.3. The number of hydrogen-bond donors (Lipinski definition) is 2. The molecule has 23 heavy (non-hydrogen) atoms. The highest BCUT2D eigenvalue weighted by atomic mass is 127. The number of hydrazone groups is 1. The summed E-state index contributed by atoms with van der Waals surface area (Å²) in [6.45, 7) is 2.00. The van der Waals surface area contributed by atoms with Crippen molar-refractivity contribution in [2.45, 2.75) is 13.3 Å². The number of amides is 1. The second kappa shape index (κ2) is 7.96. The van der Waals surface area contributed by atoms with Crippen molar-refractivity contribution in [1.82, 2.24) is 5.43 Å². The standard InChI is InChI=1S/C17H17IN2O3/c1-11-3-5-12(6-4-11)9-16(21)20-19-10-13-7-14(18)17(22)15(8-13)23-2/h3-8,10,22H,9H2,1-2H3,(H,20,21)/b19-10+. The van der Waals surface area contributed by atoms with Crippen molar-refractivity contribution in [3.63, 3.8) is 0 Å². The smallest absolute Gasteiger partial charge is 0.244 e. The fourth-order valence-electron chi connectivity index (χ4n) is 1.93. The molecule has 0 saturated carbocycles. The van der Waals surface area contributed by atoms with Gasteiger partial charge in [-0.25, -0.2) is 5.43 Å². The zero-order chi connectivity index (χ0) is 16.8. The van der Waals surface area contributed by atoms with Crippen molar-refractivity contribution in [2.75, 3.05) is 7.11 Å². The predicted octanol–water partition coefficient (Wildman–Crippen LogP) is 3.01. The molecule has 0 aliphatic heterocycles. The minimum atomic E-state index is -0.189. The lowest BCUT2D eigenvalue weighted by Crippen LogP contribution is -2.19. The van der Waals surface area contributed by atoms with Gasteiger partial charge in [0.15, 0.2) is 11.5 Å². The Morgan fingerprint density at radius 1 is 1.35 bits per heavy atom. The molecule has 2 aromatic rings. The number of carbonyl (C=O) groups is 1. The maximum absolute atomic E-state index is 11.8. The van der Waals surface area contributed by atoms with Crippen molar-refractivity contribution in [1.29, 1.82) is 0 Å². The van der Waals surface area contributed by atoms with Crippen LogP contribution in [0.15, 0.2) is 41.5 Å². The van der Waals surface area contributed by atoms with E-state index in [1.165, 1.54) is 13.3 Å². The number of carbonyl (C=O) groups excluding carboxylic acids is 1. The summed E-state index contributed by atoms with van der Waals surface area (Å²) in [7, 11) is 1.48. The molecule has 2 aromatic carbocycles. The van der Waals surface area contributed by atoms with Crippen LogP contribution in [0.2, 0.25) is 0 Å². The van der Waals surface area contributed by atoms with E-state index >= 15 is 0 Å². The number of rotatable bonds is 5. The maximum atomic E-state index is 11.8. The Balaban J connectivity index is 1.97. The highest BCUT2D eigenvalue weighted by molar-refractivity contribution is 14.1. The first-order valence-corrected chi connectivity index (χ1v) is 8.01. The second-order valence-corrected chi connectivity index (χ2v) is 6.17. The minimum Gasteiger partial charge on any atom is -0.504 e. The predicted molar refractivity (Wildman–Crippen MR) is 98.0 cm³/mol. The Labute approximate surface area is 148 Å². The molecule has 2 rings (SSSR count). The molecular weight excluding hydrogens is 407 g/mol. The summed E-state index contributed by atoms with van der Waals surface area (Å²) < 4.78 is 5.73. The van der Waals surface area contributed by atoms with Gasteiger partial charge in [0, 0.05) is 0 Å². The van der Waals surface area contributed by atoms with Crippen molar-refractivity contribution in [3.05, 3.63) is 56.7 Å². The number of ether oxygens (including phenoxy) is 1. The Morgan fingerprint density at radius 2 is 2.04 bits per heavy atom. The van der Waals surface area contributed by atoms with Gasteiger partial charge in [-0.3, -0.25) is 4.79 Å². The molecule has 6 heteroatoms. The molecule has 0 atom stereocenters. The molecule has 5 nitrogen and oxygen atoms in total. The average molecular weight is 424 g/mol. The molecule has 0 aliphatic rings. The van der Waals surface area contributed by atoms with E-state index in [-0.39, 0.29) is 18.1 Å². The van der Waals surface area contributed by atoms with E-state index in [0.29, 0.717) is 9.32 Å². The SMILES string of the molecule is COc1cc(/C=N/NC(=O)Cc2ccc(C)cc2)cc(I)c1O. The summed E-state index contributed by atoms with van der Waals surface area (Å²) >= 11 is 2.00. The lowest BCUT2D eigenvalue weighted by molar-refractivity contribution is -0.120. The van der Waals surface area contributed by atoms with Gasteiger partial charge in [-0.2, -0.15) is 5.10 Å². The molecule has 0 fully saturated rings. The number of phenols is 1. The molecule has 0 radical (unpaired) electrons. The van der Waals surface area contributed by atoms with Crippen molar-refractivity contribution in [3.8, 4) is 11.5 Å². The number of halogens is 1. The quantitative estimate of drug-likeness (QED) is 0.441. The van der Waals surface area contributed by atoms with Crippen LogP contribution in [0.25, 0.3) is 0 Å². The molecule has 0 aliphatic carbocycles. The Hall–Kier alpha value is -2.09. The molecule has 0 saturated heterocycles. The van der Waals surface area contributed by atoms with Crippen LogP contribution in [0.3, 0.4) is 0 Å². The van der Waals surface area contributed by atoms with Crippen LogP contribution in [0, 0.1) is 10.5 Å². The molecule has 120 valence electrons. The van der Waals surface area contributed by atoms with Crippen LogP contribution in [0.5, 0.6) is 11.5 Å². The normalized spacial score (nSPS) is 10.7. The van der Waals surface area contributed by atoms with E-state index in [1.54, 1.807) is 12.1 Å². The summed E-state index contributed by atoms with van der Waals surface area (Å²) in [5.41, 5.74) is 5.30. The van der Waals surface area contributed by atoms with Gasteiger partial charge in [0.25, 0.3) is 0 Å². The molecule has 0 spiro atoms. The molecule has 0 unspecified atom stereocenters. The molecule has 2 N–H and O–H groups in total. The zero-order valence-corrected chi connectivity index (χ0v) is 15.0. The van der Waals surface area contributed by atoms with E-state index in [4.69, 9.17) is 4.74 Å². The Bertz CT molecular complexity index is 727. The third-order valence-electron chi connectivity index (χ3n) is 3.16. The Morgan fingerprint density at radius 3 is 2.70 bits per heavy atom. The number of aromatic hydroxyl groups is 1. The van der Waals surface area contributed by atoms with E-state index in [1.807, 2.05) is 53.8 Å². The van der Waals surface area contributed by atoms with Crippen LogP contribution in [-0.2, 0) is 11.2 Å². The summed E-state index contributed by atoms with van der Waals surface area (Å²) in [5, 5.41) is 13.7. The van der Waals surface area contributed by atoms with Crippen LogP contribution in [-0.4, -0.2) is 24.3 Å². The third kappa shape index (κ3) is 4.95. The number of benzene rings is 2. The number of aryl methyl sites for hydroxylation is 1. The summed E-state index contributed by atoms with van der Waals surface area (Å²) in [5.74, 6) is 0.267. The van der Waals surface area contributed by atoms with E-state index in [2.05, 4.69) is 10.5 Å². The van der Waals surface area contributed by atoms with E-state index in [0.717, 1.165) is 16.7 Å². The summed E-state index contributed by atoms with van der Waals surface area (Å²) in [6, 6.07) is 11.2. The third-order valence-corrected chi connectivity index (χ3v) is 3.98. The number of hydrogen-bond acceptors (Lipinski definition) is 4. The van der Waals surface area contributed by atoms with Crippen LogP contribution in [0.4, 0.5) is 0 Å². The van der Waals surface area contributed by atoms with Gasteiger partial charge in [-0.15, -0.1) is 0 Å². The number of methoxy groups -OCH3 is 1. The first-order valence-electron chi connectivity index (χ1n) is 6.93. The number of nitrogens with one attached hydrogen (secondary N) is 1. The minimum absolute atomic E-state index is 0.0913. The van der Waals surface area contributed by atoms with Gasteiger partial charge in [0.05, 0.1) is 23.3 Å². The lowest BCUT2D eigenvalue weighted by Gasteiger charge is -2.06. The Kier molecular flexibility index (Phi) is 5.97. The van der Waals surface area contributed by atoms with E-state index < -0.39 is 0 Å². The fourth-order valence-corrected chi connectivity index (χ4v) is 2.56. The van der Waals surface area contributed by atoms with Gasteiger partial charge in [0.1, 0.15) is 0 Å². The fraction of sp³-hybridized carbons (Fsp3) is 0.176. The van der Waals surface area contributed by atoms with Crippen LogP contribution in [0.1, 0.15) is 16.7 Å². The average Bonchev–Trinajstić information content (AvgIpc) is 2.53. The first-order chi connectivity index (χ1) is 11.0.